The standard InChI is InChI=1S/C26H23N.C17H14O5.C17H14/c1-3-9-25-24(19-18-21-16-14-20(2)15-17-21)23-12-7-8-13-26(23)27(25)22-10-5-4-6-11-22;1-8-2-3-10-7-11(5-4-9(10)6-8)12-13(18)15(20)17(22)16(21)14(12)19;1-13-11-12-16(14-7-3-2-4-8-14)17-10-6-5-9-15(13)17/h3-19H,1-2H3;2-7,18-22H,1H3;2-12H,1H3/b9-3-,19-18+;;. The highest BCUT2D eigenvalue weighted by atomic mass is 16.4. The molecule has 10 rings (SSSR count). The van der Waals surface area contributed by atoms with Crippen LogP contribution in [-0.4, -0.2) is 30.1 Å². The smallest absolute Gasteiger partial charge is 0.208 e. The van der Waals surface area contributed by atoms with Gasteiger partial charge in [-0.3, -0.25) is 0 Å². The number of phenolic OH excluding ortho intramolecular Hbond substituents is 5. The molecule has 66 heavy (non-hydrogen) atoms. The summed E-state index contributed by atoms with van der Waals surface area (Å²) in [6, 6.07) is 62.3. The number of benzene rings is 9. The highest BCUT2D eigenvalue weighted by Gasteiger charge is 2.24. The Labute approximate surface area is 385 Å². The van der Waals surface area contributed by atoms with E-state index >= 15 is 0 Å². The number of para-hydroxylation sites is 2. The van der Waals surface area contributed by atoms with Crippen LogP contribution in [0.1, 0.15) is 40.4 Å². The summed E-state index contributed by atoms with van der Waals surface area (Å²) in [6.45, 7) is 8.32. The molecule has 0 amide bonds. The van der Waals surface area contributed by atoms with Crippen LogP contribution < -0.4 is 0 Å². The molecule has 1 aromatic heterocycles. The van der Waals surface area contributed by atoms with Gasteiger partial charge >= 0.3 is 0 Å². The van der Waals surface area contributed by atoms with Gasteiger partial charge < -0.3 is 30.1 Å². The van der Waals surface area contributed by atoms with Gasteiger partial charge in [-0.2, -0.15) is 0 Å². The zero-order chi connectivity index (χ0) is 46.3. The van der Waals surface area contributed by atoms with Crippen molar-refractivity contribution in [2.24, 2.45) is 0 Å². The Morgan fingerprint density at radius 1 is 0.424 bits per heavy atom. The predicted octanol–water partition coefficient (Wildman–Crippen LogP) is 15.3. The van der Waals surface area contributed by atoms with Crippen molar-refractivity contribution < 1.29 is 25.5 Å². The molecule has 0 aliphatic carbocycles. The average molecular weight is 866 g/mol. The molecule has 6 nitrogen and oxygen atoms in total. The van der Waals surface area contributed by atoms with Gasteiger partial charge in [-0.1, -0.05) is 187 Å². The quantitative estimate of drug-likeness (QED) is 0.0846. The molecule has 1 heterocycles. The first kappa shape index (κ1) is 44.1. The van der Waals surface area contributed by atoms with E-state index in [0.29, 0.717) is 5.56 Å². The molecule has 0 bridgehead atoms. The summed E-state index contributed by atoms with van der Waals surface area (Å²) in [7, 11) is 0. The van der Waals surface area contributed by atoms with Crippen LogP contribution in [0.3, 0.4) is 0 Å². The highest BCUT2D eigenvalue weighted by molar-refractivity contribution is 5.99. The van der Waals surface area contributed by atoms with Crippen LogP contribution in [0.25, 0.3) is 78.6 Å². The number of rotatable bonds is 6. The van der Waals surface area contributed by atoms with Crippen LogP contribution in [0.5, 0.6) is 28.7 Å². The third kappa shape index (κ3) is 9.12. The second-order valence-electron chi connectivity index (χ2n) is 16.3. The second-order valence-corrected chi connectivity index (χ2v) is 16.3. The lowest BCUT2D eigenvalue weighted by Gasteiger charge is -2.13. The SMILES string of the molecule is C/C=C\c1c(/C=C/c2ccc(C)cc2)c2ccccc2n1-c1ccccc1.Cc1ccc(-c2ccccc2)c2ccccc12.Cc1ccc2cc(-c3c(O)c(O)c(O)c(O)c3O)ccc2c1. The van der Waals surface area contributed by atoms with E-state index in [-0.39, 0.29) is 5.56 Å². The number of hydrogen-bond donors (Lipinski definition) is 5. The number of aryl methyl sites for hydroxylation is 3. The number of hydrogen-bond acceptors (Lipinski definition) is 5. The lowest BCUT2D eigenvalue weighted by molar-refractivity contribution is 0.330. The molecule has 0 saturated carbocycles. The Morgan fingerprint density at radius 2 is 0.985 bits per heavy atom. The lowest BCUT2D eigenvalue weighted by atomic mass is 9.96. The van der Waals surface area contributed by atoms with Gasteiger partial charge in [0.25, 0.3) is 0 Å². The van der Waals surface area contributed by atoms with Gasteiger partial charge in [0, 0.05) is 16.6 Å². The molecule has 5 N–H and O–H groups in total. The second kappa shape index (κ2) is 19.5. The van der Waals surface area contributed by atoms with E-state index in [2.05, 4.69) is 195 Å². The Hall–Kier alpha value is -8.48. The summed E-state index contributed by atoms with van der Waals surface area (Å²) in [5.41, 5.74) is 12.6. The highest BCUT2D eigenvalue weighted by Crippen LogP contribution is 2.55. The fourth-order valence-corrected chi connectivity index (χ4v) is 8.29. The van der Waals surface area contributed by atoms with Crippen molar-refractivity contribution in [2.45, 2.75) is 27.7 Å². The molecule has 0 atom stereocenters. The Balaban J connectivity index is 0.000000138. The van der Waals surface area contributed by atoms with Gasteiger partial charge in [0.05, 0.1) is 16.8 Å². The number of aromatic hydroxyl groups is 5. The minimum Gasteiger partial charge on any atom is -0.504 e. The van der Waals surface area contributed by atoms with Gasteiger partial charge in [-0.15, -0.1) is 0 Å². The zero-order valence-electron chi connectivity index (χ0n) is 37.3. The van der Waals surface area contributed by atoms with Crippen LogP contribution in [0.2, 0.25) is 0 Å². The summed E-state index contributed by atoms with van der Waals surface area (Å²) in [4.78, 5) is 0. The van der Waals surface area contributed by atoms with E-state index in [4.69, 9.17) is 0 Å². The van der Waals surface area contributed by atoms with Crippen molar-refractivity contribution in [3.05, 3.63) is 222 Å². The Bertz CT molecular complexity index is 3360. The molecule has 0 spiro atoms. The third-order valence-electron chi connectivity index (χ3n) is 11.7. The number of phenols is 5. The number of aromatic nitrogens is 1. The largest absolute Gasteiger partial charge is 0.504 e. The first-order valence-corrected chi connectivity index (χ1v) is 21.8. The number of nitrogens with zero attached hydrogens (tertiary/aromatic N) is 1. The van der Waals surface area contributed by atoms with Crippen molar-refractivity contribution in [3.63, 3.8) is 0 Å². The van der Waals surface area contributed by atoms with Gasteiger partial charge in [0.1, 0.15) is 0 Å². The molecule has 0 fully saturated rings. The van der Waals surface area contributed by atoms with Crippen LogP contribution >= 0.6 is 0 Å². The molecule has 326 valence electrons. The maximum Gasteiger partial charge on any atom is 0.208 e. The average Bonchev–Trinajstić information content (AvgIpc) is 3.66. The molecule has 0 aliphatic heterocycles. The Kier molecular flexibility index (Phi) is 13.0. The zero-order valence-corrected chi connectivity index (χ0v) is 37.3. The monoisotopic (exact) mass is 865 g/mol. The summed E-state index contributed by atoms with van der Waals surface area (Å²) in [6.07, 6.45) is 8.74. The molecule has 0 saturated heterocycles. The topological polar surface area (TPSA) is 106 Å². The van der Waals surface area contributed by atoms with Crippen molar-refractivity contribution in [3.8, 4) is 56.7 Å². The van der Waals surface area contributed by atoms with E-state index in [9.17, 15) is 25.5 Å². The maximum atomic E-state index is 9.97. The predicted molar refractivity (Wildman–Crippen MR) is 275 cm³/mol. The summed E-state index contributed by atoms with van der Waals surface area (Å²) >= 11 is 0. The molecule has 0 radical (unpaired) electrons. The first-order chi connectivity index (χ1) is 32.0. The molecule has 10 aromatic rings. The van der Waals surface area contributed by atoms with Crippen LogP contribution in [-0.2, 0) is 0 Å². The van der Waals surface area contributed by atoms with Gasteiger partial charge in [0.15, 0.2) is 11.5 Å². The van der Waals surface area contributed by atoms with Gasteiger partial charge in [-0.05, 0) is 107 Å². The van der Waals surface area contributed by atoms with Crippen molar-refractivity contribution >= 4 is 50.7 Å². The van der Waals surface area contributed by atoms with Crippen LogP contribution in [0, 0.1) is 20.8 Å². The minimum absolute atomic E-state index is 0.143. The fraction of sp³-hybridized carbons (Fsp3) is 0.0667. The van der Waals surface area contributed by atoms with E-state index < -0.39 is 28.7 Å². The first-order valence-electron chi connectivity index (χ1n) is 21.8. The van der Waals surface area contributed by atoms with Gasteiger partial charge in [0.2, 0.25) is 17.2 Å². The molecule has 0 unspecified atom stereocenters. The fourth-order valence-electron chi connectivity index (χ4n) is 8.29. The number of fused-ring (bicyclic) bond motifs is 3. The van der Waals surface area contributed by atoms with E-state index in [1.807, 2.05) is 25.1 Å². The molecule has 9 aromatic carbocycles. The third-order valence-corrected chi connectivity index (χ3v) is 11.7. The summed E-state index contributed by atoms with van der Waals surface area (Å²) in [5.74, 6) is -4.11. The molecular formula is C60H51NO5. The van der Waals surface area contributed by atoms with E-state index in [0.717, 1.165) is 16.3 Å². The maximum absolute atomic E-state index is 9.97. The van der Waals surface area contributed by atoms with Crippen molar-refractivity contribution in [2.75, 3.05) is 0 Å². The summed E-state index contributed by atoms with van der Waals surface area (Å²) < 4.78 is 2.34. The minimum atomic E-state index is -0.963. The lowest BCUT2D eigenvalue weighted by Crippen LogP contribution is -1.96. The van der Waals surface area contributed by atoms with Crippen LogP contribution in [0.15, 0.2) is 188 Å². The molecular weight excluding hydrogens is 815 g/mol. The Morgan fingerprint density at radius 3 is 1.67 bits per heavy atom. The van der Waals surface area contributed by atoms with Crippen molar-refractivity contribution in [1.29, 1.82) is 0 Å². The molecule has 0 aliphatic rings. The van der Waals surface area contributed by atoms with E-state index in [1.165, 1.54) is 66.4 Å². The van der Waals surface area contributed by atoms with Crippen LogP contribution in [0.4, 0.5) is 0 Å². The van der Waals surface area contributed by atoms with Gasteiger partial charge in [-0.25, -0.2) is 0 Å². The van der Waals surface area contributed by atoms with Crippen molar-refractivity contribution in [1.82, 2.24) is 4.57 Å². The molecule has 6 heteroatoms. The normalized spacial score (nSPS) is 11.2. The summed E-state index contributed by atoms with van der Waals surface area (Å²) in [5, 5.41) is 54.4. The number of allylic oxidation sites excluding steroid dienone is 1. The van der Waals surface area contributed by atoms with E-state index in [1.54, 1.807) is 18.2 Å².